The van der Waals surface area contributed by atoms with E-state index in [0.717, 1.165) is 12.2 Å². The van der Waals surface area contributed by atoms with Crippen molar-refractivity contribution >= 4 is 17.1 Å². The van der Waals surface area contributed by atoms with Gasteiger partial charge in [-0.05, 0) is 24.3 Å². The largest absolute Gasteiger partial charge is 0.322 e. The Labute approximate surface area is 70.2 Å². The number of hydrogen-bond donors (Lipinski definition) is 0. The van der Waals surface area contributed by atoms with Gasteiger partial charge in [-0.3, -0.25) is 0 Å². The summed E-state index contributed by atoms with van der Waals surface area (Å²) in [7, 11) is 0. The second kappa shape index (κ2) is 1.97. The van der Waals surface area contributed by atoms with E-state index in [1.807, 2.05) is 12.3 Å². The van der Waals surface area contributed by atoms with Gasteiger partial charge in [0.1, 0.15) is 5.65 Å². The second-order valence-electron chi connectivity index (χ2n) is 3.00. The lowest BCUT2D eigenvalue weighted by Gasteiger charge is -1.96. The van der Waals surface area contributed by atoms with Gasteiger partial charge in [-0.2, -0.15) is 0 Å². The van der Waals surface area contributed by atoms with Crippen LogP contribution in [0.3, 0.4) is 0 Å². The van der Waals surface area contributed by atoms with E-state index in [9.17, 15) is 0 Å². The first-order chi connectivity index (χ1) is 5.95. The normalized spacial score (nSPS) is 14.0. The molecule has 0 unspecified atom stereocenters. The van der Waals surface area contributed by atoms with Crippen LogP contribution in [0.2, 0.25) is 0 Å². The van der Waals surface area contributed by atoms with Crippen molar-refractivity contribution in [1.82, 2.24) is 9.55 Å². The van der Waals surface area contributed by atoms with Crippen LogP contribution in [0.1, 0.15) is 5.69 Å². The molecule has 1 aliphatic rings. The van der Waals surface area contributed by atoms with Crippen molar-refractivity contribution in [1.29, 1.82) is 0 Å². The zero-order valence-corrected chi connectivity index (χ0v) is 6.57. The quantitative estimate of drug-likeness (QED) is 0.571. The molecule has 1 aliphatic heterocycles. The van der Waals surface area contributed by atoms with E-state index >= 15 is 0 Å². The molecule has 0 aliphatic carbocycles. The van der Waals surface area contributed by atoms with E-state index in [1.165, 1.54) is 11.1 Å². The molecule has 2 aromatic heterocycles. The van der Waals surface area contributed by atoms with E-state index in [2.05, 4.69) is 33.8 Å². The summed E-state index contributed by atoms with van der Waals surface area (Å²) in [5.74, 6) is 0. The van der Waals surface area contributed by atoms with Crippen LogP contribution >= 0.6 is 0 Å². The van der Waals surface area contributed by atoms with Gasteiger partial charge in [-0.15, -0.1) is 0 Å². The Hall–Kier alpha value is -1.57. The van der Waals surface area contributed by atoms with Crippen molar-refractivity contribution in [2.45, 2.75) is 6.54 Å². The molecule has 2 heteroatoms. The fourth-order valence-corrected chi connectivity index (χ4v) is 1.72. The molecule has 0 radical (unpaired) electrons. The molecule has 0 bridgehead atoms. The van der Waals surface area contributed by atoms with E-state index in [4.69, 9.17) is 0 Å². The summed E-state index contributed by atoms with van der Waals surface area (Å²) in [6.45, 7) is 0.968. The minimum absolute atomic E-state index is 0.968. The second-order valence-corrected chi connectivity index (χ2v) is 3.00. The molecule has 58 valence electrons. The molecule has 0 spiro atoms. The molecule has 3 heterocycles. The highest BCUT2D eigenvalue weighted by atomic mass is 15.0. The molecule has 12 heavy (non-hydrogen) atoms. The molecule has 2 nitrogen and oxygen atoms in total. The lowest BCUT2D eigenvalue weighted by atomic mass is 10.3. The molecule has 0 amide bonds. The lowest BCUT2D eigenvalue weighted by Crippen LogP contribution is -1.92. The first-order valence-electron chi connectivity index (χ1n) is 4.06. The van der Waals surface area contributed by atoms with Gasteiger partial charge in [0.25, 0.3) is 0 Å². The number of fused-ring (bicyclic) bond motifs is 3. The van der Waals surface area contributed by atoms with Crippen LogP contribution in [0.25, 0.3) is 17.1 Å². The Morgan fingerprint density at radius 2 is 2.42 bits per heavy atom. The Morgan fingerprint density at radius 1 is 1.42 bits per heavy atom. The van der Waals surface area contributed by atoms with Crippen molar-refractivity contribution in [3.05, 3.63) is 36.2 Å². The predicted octanol–water partition coefficient (Wildman–Crippen LogP) is 2.06. The Morgan fingerprint density at radius 3 is 3.42 bits per heavy atom. The number of rotatable bonds is 0. The Bertz CT molecular complexity index is 466. The van der Waals surface area contributed by atoms with E-state index < -0.39 is 0 Å². The maximum Gasteiger partial charge on any atom is 0.140 e. The zero-order chi connectivity index (χ0) is 7.97. The summed E-state index contributed by atoms with van der Waals surface area (Å²) in [5.41, 5.74) is 2.36. The Balaban J connectivity index is 2.49. The summed E-state index contributed by atoms with van der Waals surface area (Å²) in [4.78, 5) is 4.34. The van der Waals surface area contributed by atoms with Crippen LogP contribution in [0, 0.1) is 0 Å². The molecule has 2 aromatic rings. The van der Waals surface area contributed by atoms with Gasteiger partial charge < -0.3 is 4.57 Å². The first kappa shape index (κ1) is 6.00. The average Bonchev–Trinajstić information content (AvgIpc) is 2.62. The summed E-state index contributed by atoms with van der Waals surface area (Å²) in [6, 6.07) is 6.25. The maximum absolute atomic E-state index is 4.34. The fourth-order valence-electron chi connectivity index (χ4n) is 1.72. The third kappa shape index (κ3) is 0.619. The van der Waals surface area contributed by atoms with Gasteiger partial charge >= 0.3 is 0 Å². The molecule has 0 aromatic carbocycles. The number of allylic oxidation sites excluding steroid dienone is 1. The van der Waals surface area contributed by atoms with Gasteiger partial charge in [0.15, 0.2) is 0 Å². The molecule has 3 rings (SSSR count). The lowest BCUT2D eigenvalue weighted by molar-refractivity contribution is 0.868. The van der Waals surface area contributed by atoms with Gasteiger partial charge in [0, 0.05) is 23.8 Å². The van der Waals surface area contributed by atoms with E-state index in [1.54, 1.807) is 0 Å². The topological polar surface area (TPSA) is 17.8 Å². The van der Waals surface area contributed by atoms with Crippen molar-refractivity contribution in [3.63, 3.8) is 0 Å². The van der Waals surface area contributed by atoms with Gasteiger partial charge in [-0.25, -0.2) is 4.98 Å². The average molecular weight is 156 g/mol. The van der Waals surface area contributed by atoms with Crippen LogP contribution in [0.5, 0.6) is 0 Å². The first-order valence-corrected chi connectivity index (χ1v) is 4.06. The zero-order valence-electron chi connectivity index (χ0n) is 6.57. The summed E-state index contributed by atoms with van der Waals surface area (Å²) in [5, 5.41) is 1.23. The van der Waals surface area contributed by atoms with Crippen LogP contribution in [-0.4, -0.2) is 9.55 Å². The van der Waals surface area contributed by atoms with Crippen molar-refractivity contribution < 1.29 is 0 Å². The van der Waals surface area contributed by atoms with Crippen LogP contribution < -0.4 is 0 Å². The van der Waals surface area contributed by atoms with Crippen molar-refractivity contribution in [2.24, 2.45) is 0 Å². The van der Waals surface area contributed by atoms with Crippen molar-refractivity contribution in [2.75, 3.05) is 0 Å². The van der Waals surface area contributed by atoms with E-state index in [0.29, 0.717) is 0 Å². The number of hydrogen-bond acceptors (Lipinski definition) is 1. The summed E-state index contributed by atoms with van der Waals surface area (Å²) < 4.78 is 2.22. The summed E-state index contributed by atoms with van der Waals surface area (Å²) >= 11 is 0. The molecule has 0 atom stereocenters. The smallest absolute Gasteiger partial charge is 0.140 e. The van der Waals surface area contributed by atoms with Crippen molar-refractivity contribution in [3.8, 4) is 0 Å². The monoisotopic (exact) mass is 156 g/mol. The highest BCUT2D eigenvalue weighted by molar-refractivity contribution is 5.81. The van der Waals surface area contributed by atoms with Gasteiger partial charge in [0.05, 0.1) is 0 Å². The maximum atomic E-state index is 4.34. The minimum atomic E-state index is 0.968. The number of nitrogens with zero attached hydrogens (tertiary/aromatic N) is 2. The SMILES string of the molecule is C1=Cc2cc3cccnc3n2C1. The van der Waals surface area contributed by atoms with Crippen LogP contribution in [-0.2, 0) is 6.54 Å². The standard InChI is InChI=1S/C10H8N2/c1-3-8-7-9-4-2-6-12(9)10(8)11-5-1/h1-5,7H,6H2. The molecular weight excluding hydrogens is 148 g/mol. The van der Waals surface area contributed by atoms with E-state index in [-0.39, 0.29) is 0 Å². The van der Waals surface area contributed by atoms with Crippen LogP contribution in [0.15, 0.2) is 30.5 Å². The van der Waals surface area contributed by atoms with Gasteiger partial charge in [0.2, 0.25) is 0 Å². The fraction of sp³-hybridized carbons (Fsp3) is 0.100. The number of aromatic nitrogens is 2. The van der Waals surface area contributed by atoms with Gasteiger partial charge in [-0.1, -0.05) is 6.08 Å². The third-order valence-corrected chi connectivity index (χ3v) is 2.26. The highest BCUT2D eigenvalue weighted by Gasteiger charge is 2.08. The van der Waals surface area contributed by atoms with Crippen LogP contribution in [0.4, 0.5) is 0 Å². The molecule has 0 fully saturated rings. The molecule has 0 saturated heterocycles. The molecule has 0 saturated carbocycles. The molecule has 0 N–H and O–H groups in total. The predicted molar refractivity (Wildman–Crippen MR) is 48.8 cm³/mol. The highest BCUT2D eigenvalue weighted by Crippen LogP contribution is 2.22. The third-order valence-electron chi connectivity index (χ3n) is 2.26. The number of pyridine rings is 1. The summed E-state index contributed by atoms with van der Waals surface area (Å²) in [6.07, 6.45) is 6.14. The molecular formula is C10H8N2. The minimum Gasteiger partial charge on any atom is -0.322 e. The Kier molecular flexibility index (Phi) is 0.987.